The SMILES string of the molecule is N#CCC(=O)N/N=C(/CCCC(=O)Nc1ccc(Cl)cc1Cl)[C@@H](C#N)c1ccc(Cl)cc1. The van der Waals surface area contributed by atoms with Crippen molar-refractivity contribution in [2.24, 2.45) is 5.10 Å². The zero-order chi connectivity index (χ0) is 23.5. The maximum Gasteiger partial charge on any atom is 0.254 e. The Hall–Kier alpha value is -3.10. The van der Waals surface area contributed by atoms with E-state index in [0.717, 1.165) is 0 Å². The van der Waals surface area contributed by atoms with Crippen LogP contribution in [0.3, 0.4) is 0 Å². The highest BCUT2D eigenvalue weighted by Gasteiger charge is 2.19. The smallest absolute Gasteiger partial charge is 0.254 e. The van der Waals surface area contributed by atoms with E-state index in [2.05, 4.69) is 21.9 Å². The van der Waals surface area contributed by atoms with E-state index in [9.17, 15) is 14.9 Å². The molecule has 164 valence electrons. The number of nitrogens with zero attached hydrogens (tertiary/aromatic N) is 3. The number of hydrogen-bond acceptors (Lipinski definition) is 5. The number of anilines is 1. The molecular weight excluding hydrogens is 473 g/mol. The minimum absolute atomic E-state index is 0.128. The van der Waals surface area contributed by atoms with E-state index in [4.69, 9.17) is 40.1 Å². The van der Waals surface area contributed by atoms with Crippen LogP contribution in [0.1, 0.15) is 37.2 Å². The fourth-order valence-corrected chi connectivity index (χ4v) is 3.32. The number of hydrazone groups is 1. The number of benzene rings is 2. The van der Waals surface area contributed by atoms with Crippen molar-refractivity contribution in [2.45, 2.75) is 31.6 Å². The lowest BCUT2D eigenvalue weighted by Crippen LogP contribution is -2.22. The van der Waals surface area contributed by atoms with Crippen LogP contribution in [0.2, 0.25) is 15.1 Å². The molecule has 0 aliphatic carbocycles. The number of amides is 2. The van der Waals surface area contributed by atoms with Gasteiger partial charge in [-0.25, -0.2) is 5.43 Å². The number of carbonyl (C=O) groups is 2. The quantitative estimate of drug-likeness (QED) is 0.359. The zero-order valence-electron chi connectivity index (χ0n) is 16.7. The van der Waals surface area contributed by atoms with E-state index in [1.165, 1.54) is 6.07 Å². The maximum atomic E-state index is 12.3. The standard InChI is InChI=1S/C22H18Cl3N5O2/c23-15-6-4-14(5-7-15)17(13-27)19(29-30-22(32)10-11-26)2-1-3-21(31)28-20-9-8-16(24)12-18(20)25/h4-9,12,17H,1-3,10H2,(H,28,31)(H,30,32)/b29-19-/t17-/m0/s1. The molecule has 0 radical (unpaired) electrons. The molecule has 0 aliphatic rings. The second-order valence-electron chi connectivity index (χ2n) is 6.61. The highest BCUT2D eigenvalue weighted by Crippen LogP contribution is 2.26. The first-order valence-corrected chi connectivity index (χ1v) is 10.6. The molecule has 1 atom stereocenters. The Balaban J connectivity index is 2.08. The second kappa shape index (κ2) is 12.7. The maximum absolute atomic E-state index is 12.3. The van der Waals surface area contributed by atoms with Gasteiger partial charge in [0.25, 0.3) is 5.91 Å². The van der Waals surface area contributed by atoms with Gasteiger partial charge in [0.2, 0.25) is 5.91 Å². The Morgan fingerprint density at radius 3 is 2.28 bits per heavy atom. The highest BCUT2D eigenvalue weighted by atomic mass is 35.5. The van der Waals surface area contributed by atoms with Crippen molar-refractivity contribution >= 4 is 58.0 Å². The highest BCUT2D eigenvalue weighted by molar-refractivity contribution is 6.36. The molecule has 0 saturated carbocycles. The first-order valence-electron chi connectivity index (χ1n) is 9.46. The van der Waals surface area contributed by atoms with Crippen molar-refractivity contribution in [3.05, 3.63) is 63.1 Å². The van der Waals surface area contributed by atoms with Crippen molar-refractivity contribution in [2.75, 3.05) is 5.32 Å². The molecule has 2 aromatic carbocycles. The summed E-state index contributed by atoms with van der Waals surface area (Å²) in [5, 5.41) is 26.4. The van der Waals surface area contributed by atoms with Crippen LogP contribution in [0.15, 0.2) is 47.6 Å². The normalized spacial score (nSPS) is 11.7. The van der Waals surface area contributed by atoms with Gasteiger partial charge in [-0.15, -0.1) is 0 Å². The molecule has 0 spiro atoms. The summed E-state index contributed by atoms with van der Waals surface area (Å²) in [6.45, 7) is 0. The van der Waals surface area contributed by atoms with Crippen molar-refractivity contribution < 1.29 is 9.59 Å². The molecular formula is C22H18Cl3N5O2. The number of hydrogen-bond donors (Lipinski definition) is 2. The van der Waals surface area contributed by atoms with Crippen LogP contribution in [0, 0.1) is 22.7 Å². The van der Waals surface area contributed by atoms with E-state index in [0.29, 0.717) is 38.5 Å². The molecule has 0 saturated heterocycles. The first kappa shape index (κ1) is 25.2. The van der Waals surface area contributed by atoms with E-state index >= 15 is 0 Å². The monoisotopic (exact) mass is 489 g/mol. The summed E-state index contributed by atoms with van der Waals surface area (Å²) in [6, 6.07) is 15.3. The predicted molar refractivity (Wildman–Crippen MR) is 125 cm³/mol. The van der Waals surface area contributed by atoms with Crippen LogP contribution in [0.5, 0.6) is 0 Å². The van der Waals surface area contributed by atoms with Crippen LogP contribution in [0.25, 0.3) is 0 Å². The van der Waals surface area contributed by atoms with Gasteiger partial charge in [0.05, 0.1) is 28.6 Å². The molecule has 0 heterocycles. The Kier molecular flexibility index (Phi) is 9.97. The van der Waals surface area contributed by atoms with Crippen LogP contribution < -0.4 is 10.7 Å². The minimum Gasteiger partial charge on any atom is -0.325 e. The Morgan fingerprint density at radius 1 is 0.969 bits per heavy atom. The summed E-state index contributed by atoms with van der Waals surface area (Å²) in [6.07, 6.45) is 0.382. The van der Waals surface area contributed by atoms with Gasteiger partial charge in [-0.3, -0.25) is 9.59 Å². The van der Waals surface area contributed by atoms with Gasteiger partial charge in [0.1, 0.15) is 12.3 Å². The van der Waals surface area contributed by atoms with Gasteiger partial charge in [0.15, 0.2) is 0 Å². The molecule has 2 N–H and O–H groups in total. The molecule has 7 nitrogen and oxygen atoms in total. The molecule has 2 amide bonds. The van der Waals surface area contributed by atoms with Crippen molar-refractivity contribution in [1.29, 1.82) is 10.5 Å². The lowest BCUT2D eigenvalue weighted by Gasteiger charge is -2.14. The number of carbonyl (C=O) groups excluding carboxylic acids is 2. The van der Waals surface area contributed by atoms with E-state index in [1.54, 1.807) is 42.5 Å². The average Bonchev–Trinajstić information content (AvgIpc) is 2.75. The Morgan fingerprint density at radius 2 is 1.66 bits per heavy atom. The fourth-order valence-electron chi connectivity index (χ4n) is 2.74. The molecule has 2 aromatic rings. The molecule has 0 fully saturated rings. The van der Waals surface area contributed by atoms with Gasteiger partial charge in [0, 0.05) is 16.5 Å². The first-order chi connectivity index (χ1) is 15.3. The Bertz CT molecular complexity index is 1090. The van der Waals surface area contributed by atoms with Crippen LogP contribution >= 0.6 is 34.8 Å². The van der Waals surface area contributed by atoms with Gasteiger partial charge >= 0.3 is 0 Å². The molecule has 0 unspecified atom stereocenters. The second-order valence-corrected chi connectivity index (χ2v) is 7.89. The average molecular weight is 491 g/mol. The molecule has 32 heavy (non-hydrogen) atoms. The third-order valence-corrected chi connectivity index (χ3v) is 5.07. The third kappa shape index (κ3) is 7.86. The van der Waals surface area contributed by atoms with Crippen LogP contribution in [-0.2, 0) is 9.59 Å². The van der Waals surface area contributed by atoms with Gasteiger partial charge in [-0.2, -0.15) is 15.6 Å². The number of rotatable bonds is 9. The Labute approximate surface area is 200 Å². The molecule has 2 rings (SSSR count). The van der Waals surface area contributed by atoms with Crippen molar-refractivity contribution in [1.82, 2.24) is 5.43 Å². The molecule has 0 aliphatic heterocycles. The predicted octanol–water partition coefficient (Wildman–Crippen LogP) is 5.45. The fraction of sp³-hybridized carbons (Fsp3) is 0.227. The van der Waals surface area contributed by atoms with Gasteiger partial charge < -0.3 is 5.32 Å². The molecule has 10 heteroatoms. The lowest BCUT2D eigenvalue weighted by molar-refractivity contribution is -0.120. The molecule has 0 bridgehead atoms. The van der Waals surface area contributed by atoms with E-state index in [1.807, 2.05) is 0 Å². The summed E-state index contributed by atoms with van der Waals surface area (Å²) in [5.41, 5.74) is 3.73. The van der Waals surface area contributed by atoms with Crippen LogP contribution in [-0.4, -0.2) is 17.5 Å². The molecule has 0 aromatic heterocycles. The van der Waals surface area contributed by atoms with Crippen molar-refractivity contribution in [3.63, 3.8) is 0 Å². The van der Waals surface area contributed by atoms with Crippen LogP contribution in [0.4, 0.5) is 5.69 Å². The lowest BCUT2D eigenvalue weighted by atomic mass is 9.92. The summed E-state index contributed by atoms with van der Waals surface area (Å²) < 4.78 is 0. The summed E-state index contributed by atoms with van der Waals surface area (Å²) in [4.78, 5) is 24.0. The van der Waals surface area contributed by atoms with Gasteiger partial charge in [-0.05, 0) is 48.7 Å². The largest absolute Gasteiger partial charge is 0.325 e. The zero-order valence-corrected chi connectivity index (χ0v) is 19.0. The summed E-state index contributed by atoms with van der Waals surface area (Å²) in [5.74, 6) is -1.63. The summed E-state index contributed by atoms with van der Waals surface area (Å²) in [7, 11) is 0. The number of nitrogens with one attached hydrogen (secondary N) is 2. The topological polar surface area (TPSA) is 118 Å². The minimum atomic E-state index is -0.761. The number of nitriles is 2. The van der Waals surface area contributed by atoms with Gasteiger partial charge in [-0.1, -0.05) is 46.9 Å². The third-order valence-electron chi connectivity index (χ3n) is 4.27. The van der Waals surface area contributed by atoms with E-state index < -0.39 is 11.8 Å². The van der Waals surface area contributed by atoms with E-state index in [-0.39, 0.29) is 25.2 Å². The number of halogens is 3. The van der Waals surface area contributed by atoms with Crippen molar-refractivity contribution in [3.8, 4) is 12.1 Å². The summed E-state index contributed by atoms with van der Waals surface area (Å²) >= 11 is 17.8.